The maximum Gasteiger partial charge on any atom is 0.0367 e. The Labute approximate surface area is 121 Å². The van der Waals surface area contributed by atoms with Crippen LogP contribution < -0.4 is 4.90 Å². The fraction of sp³-hybridized carbons (Fsp3) is 0.333. The zero-order valence-corrected chi connectivity index (χ0v) is 12.3. The zero-order valence-electron chi connectivity index (χ0n) is 12.3. The summed E-state index contributed by atoms with van der Waals surface area (Å²) in [5.41, 5.74) is 5.01. The molecule has 1 radical (unpaired) electrons. The SMILES string of the molecule is Cc1[c]cc(-c2ccc(N3CCN(C)CC3)cc2)cc1. The average molecular weight is 265 g/mol. The lowest BCUT2D eigenvalue weighted by Crippen LogP contribution is -2.44. The van der Waals surface area contributed by atoms with Crippen LogP contribution in [-0.4, -0.2) is 38.1 Å². The molecule has 2 heteroatoms. The minimum absolute atomic E-state index is 1.12. The van der Waals surface area contributed by atoms with E-state index >= 15 is 0 Å². The number of aryl methyl sites for hydroxylation is 1. The fourth-order valence-electron chi connectivity index (χ4n) is 2.61. The number of benzene rings is 2. The van der Waals surface area contributed by atoms with Gasteiger partial charge in [0.25, 0.3) is 0 Å². The average Bonchev–Trinajstić information content (AvgIpc) is 2.49. The molecule has 20 heavy (non-hydrogen) atoms. The van der Waals surface area contributed by atoms with Crippen molar-refractivity contribution in [2.75, 3.05) is 38.1 Å². The molecule has 1 saturated heterocycles. The minimum Gasteiger partial charge on any atom is -0.369 e. The van der Waals surface area contributed by atoms with Crippen LogP contribution in [0.25, 0.3) is 11.1 Å². The van der Waals surface area contributed by atoms with E-state index in [1.54, 1.807) is 0 Å². The van der Waals surface area contributed by atoms with E-state index in [-0.39, 0.29) is 0 Å². The number of rotatable bonds is 2. The first-order chi connectivity index (χ1) is 9.72. The molecule has 1 heterocycles. The minimum atomic E-state index is 1.12. The van der Waals surface area contributed by atoms with E-state index < -0.39 is 0 Å². The highest BCUT2D eigenvalue weighted by Gasteiger charge is 2.13. The standard InChI is InChI=1S/C18H21N2/c1-15-3-5-16(6-4-15)17-7-9-18(10-8-17)20-13-11-19(2)12-14-20/h3,5-10H,11-14H2,1-2H3. The molecule has 2 aromatic carbocycles. The van der Waals surface area contributed by atoms with Crippen molar-refractivity contribution >= 4 is 5.69 Å². The summed E-state index contributed by atoms with van der Waals surface area (Å²) in [4.78, 5) is 4.85. The number of likely N-dealkylation sites (N-methyl/N-ethyl adjacent to an activating group) is 1. The highest BCUT2D eigenvalue weighted by Crippen LogP contribution is 2.24. The molecule has 0 spiro atoms. The van der Waals surface area contributed by atoms with E-state index in [2.05, 4.69) is 72.3 Å². The lowest BCUT2D eigenvalue weighted by Gasteiger charge is -2.34. The maximum absolute atomic E-state index is 3.27. The van der Waals surface area contributed by atoms with Crippen LogP contribution in [0.3, 0.4) is 0 Å². The largest absolute Gasteiger partial charge is 0.369 e. The molecule has 2 nitrogen and oxygen atoms in total. The van der Waals surface area contributed by atoms with Gasteiger partial charge in [0.2, 0.25) is 0 Å². The topological polar surface area (TPSA) is 6.48 Å². The van der Waals surface area contributed by atoms with Gasteiger partial charge in [0.1, 0.15) is 0 Å². The van der Waals surface area contributed by atoms with Gasteiger partial charge < -0.3 is 9.80 Å². The lowest BCUT2D eigenvalue weighted by atomic mass is 10.0. The Bertz CT molecular complexity index is 549. The molecule has 0 amide bonds. The van der Waals surface area contributed by atoms with Gasteiger partial charge in [-0.25, -0.2) is 0 Å². The molecule has 1 aliphatic rings. The lowest BCUT2D eigenvalue weighted by molar-refractivity contribution is 0.313. The summed E-state index contributed by atoms with van der Waals surface area (Å²) < 4.78 is 0. The molecular formula is C18H21N2. The first kappa shape index (κ1) is 13.2. The van der Waals surface area contributed by atoms with Crippen LogP contribution in [0.5, 0.6) is 0 Å². The fourth-order valence-corrected chi connectivity index (χ4v) is 2.61. The van der Waals surface area contributed by atoms with Crippen molar-refractivity contribution < 1.29 is 0 Å². The second kappa shape index (κ2) is 5.68. The molecule has 1 fully saturated rings. The first-order valence-corrected chi connectivity index (χ1v) is 7.25. The molecule has 0 bridgehead atoms. The van der Waals surface area contributed by atoms with Crippen molar-refractivity contribution in [3.8, 4) is 11.1 Å². The third kappa shape index (κ3) is 2.86. The summed E-state index contributed by atoms with van der Waals surface area (Å²) in [6, 6.07) is 18.5. The number of nitrogens with zero attached hydrogens (tertiary/aromatic N) is 2. The van der Waals surface area contributed by atoms with Gasteiger partial charge in [0, 0.05) is 31.9 Å². The van der Waals surface area contributed by atoms with Crippen molar-refractivity contribution in [1.29, 1.82) is 0 Å². The molecule has 0 unspecified atom stereocenters. The van der Waals surface area contributed by atoms with Crippen LogP contribution in [-0.2, 0) is 0 Å². The summed E-state index contributed by atoms with van der Waals surface area (Å²) in [7, 11) is 2.19. The maximum atomic E-state index is 3.27. The second-order valence-electron chi connectivity index (χ2n) is 5.60. The van der Waals surface area contributed by atoms with E-state index in [1.807, 2.05) is 0 Å². The van der Waals surface area contributed by atoms with Crippen molar-refractivity contribution in [2.45, 2.75) is 6.92 Å². The van der Waals surface area contributed by atoms with Crippen LogP contribution in [0.2, 0.25) is 0 Å². The molecule has 103 valence electrons. The van der Waals surface area contributed by atoms with Gasteiger partial charge in [0.15, 0.2) is 0 Å². The molecule has 3 rings (SSSR count). The second-order valence-corrected chi connectivity index (χ2v) is 5.60. The normalized spacial score (nSPS) is 16.4. The third-order valence-electron chi connectivity index (χ3n) is 4.04. The number of anilines is 1. The molecule has 0 saturated carbocycles. The van der Waals surface area contributed by atoms with Crippen LogP contribution in [0.4, 0.5) is 5.69 Å². The van der Waals surface area contributed by atoms with Gasteiger partial charge in [-0.2, -0.15) is 0 Å². The molecular weight excluding hydrogens is 244 g/mol. The summed E-state index contributed by atoms with van der Waals surface area (Å²) in [6.45, 7) is 6.60. The van der Waals surface area contributed by atoms with Gasteiger partial charge in [-0.1, -0.05) is 24.3 Å². The number of piperazine rings is 1. The van der Waals surface area contributed by atoms with Crippen molar-refractivity contribution in [1.82, 2.24) is 4.90 Å². The Kier molecular flexibility index (Phi) is 3.75. The predicted octanol–water partition coefficient (Wildman–Crippen LogP) is 3.21. The predicted molar refractivity (Wildman–Crippen MR) is 85.2 cm³/mol. The Hall–Kier alpha value is -1.80. The Morgan fingerprint density at radius 3 is 2.10 bits per heavy atom. The highest BCUT2D eigenvalue weighted by atomic mass is 15.2. The van der Waals surface area contributed by atoms with Crippen molar-refractivity contribution in [3.63, 3.8) is 0 Å². The van der Waals surface area contributed by atoms with Crippen LogP contribution in [0.15, 0.2) is 42.5 Å². The van der Waals surface area contributed by atoms with E-state index in [1.165, 1.54) is 22.4 Å². The zero-order chi connectivity index (χ0) is 13.9. The Morgan fingerprint density at radius 2 is 1.50 bits per heavy atom. The van der Waals surface area contributed by atoms with Gasteiger partial charge in [0.05, 0.1) is 0 Å². The summed E-state index contributed by atoms with van der Waals surface area (Å²) in [5, 5.41) is 0. The molecule has 2 aromatic rings. The highest BCUT2D eigenvalue weighted by molar-refractivity contribution is 5.66. The molecule has 0 atom stereocenters. The van der Waals surface area contributed by atoms with Crippen LogP contribution in [0.1, 0.15) is 5.56 Å². The van der Waals surface area contributed by atoms with Gasteiger partial charge >= 0.3 is 0 Å². The van der Waals surface area contributed by atoms with Crippen LogP contribution in [0, 0.1) is 13.0 Å². The third-order valence-corrected chi connectivity index (χ3v) is 4.04. The Morgan fingerprint density at radius 1 is 0.850 bits per heavy atom. The van der Waals surface area contributed by atoms with Crippen LogP contribution >= 0.6 is 0 Å². The van der Waals surface area contributed by atoms with Gasteiger partial charge in [-0.05, 0) is 54.9 Å². The van der Waals surface area contributed by atoms with E-state index in [0.717, 1.165) is 26.2 Å². The molecule has 0 N–H and O–H groups in total. The van der Waals surface area contributed by atoms with Gasteiger partial charge in [-0.15, -0.1) is 0 Å². The Balaban J connectivity index is 1.76. The quantitative estimate of drug-likeness (QED) is 0.822. The molecule has 1 aliphatic heterocycles. The monoisotopic (exact) mass is 265 g/mol. The summed E-state index contributed by atoms with van der Waals surface area (Å²) in [5.74, 6) is 0. The molecule has 0 aromatic heterocycles. The van der Waals surface area contributed by atoms with Crippen molar-refractivity contribution in [2.24, 2.45) is 0 Å². The van der Waals surface area contributed by atoms with Gasteiger partial charge in [-0.3, -0.25) is 0 Å². The summed E-state index contributed by atoms with van der Waals surface area (Å²) >= 11 is 0. The van der Waals surface area contributed by atoms with E-state index in [4.69, 9.17) is 0 Å². The molecule has 0 aliphatic carbocycles. The smallest absolute Gasteiger partial charge is 0.0367 e. The first-order valence-electron chi connectivity index (χ1n) is 7.25. The van der Waals surface area contributed by atoms with E-state index in [9.17, 15) is 0 Å². The summed E-state index contributed by atoms with van der Waals surface area (Å²) in [6.07, 6.45) is 0. The van der Waals surface area contributed by atoms with E-state index in [0.29, 0.717) is 0 Å². The number of hydrogen-bond acceptors (Lipinski definition) is 2. The van der Waals surface area contributed by atoms with Crippen molar-refractivity contribution in [3.05, 3.63) is 54.1 Å². The number of hydrogen-bond donors (Lipinski definition) is 0.